The third-order valence-electron chi connectivity index (χ3n) is 8.53. The fraction of sp³-hybridized carbons (Fsp3) is 0.0488. The molecule has 5 nitrogen and oxygen atoms in total. The number of benzene rings is 5. The second-order valence-corrected chi connectivity index (χ2v) is 11.2. The molecule has 0 spiro atoms. The first-order valence-electron chi connectivity index (χ1n) is 15.4. The lowest BCUT2D eigenvalue weighted by atomic mass is 10.0. The molecule has 8 rings (SSSR count). The Balaban J connectivity index is 1.43. The quantitative estimate of drug-likeness (QED) is 0.113. The van der Waals surface area contributed by atoms with Gasteiger partial charge in [0.2, 0.25) is 0 Å². The molecule has 0 aliphatic carbocycles. The molecule has 0 atom stereocenters. The predicted octanol–water partition coefficient (Wildman–Crippen LogP) is 10.1. The Kier molecular flexibility index (Phi) is 6.65. The first kappa shape index (κ1) is 27.5. The summed E-state index contributed by atoms with van der Waals surface area (Å²) in [6.45, 7) is 4.03. The monoisotopic (exact) mass is 595 g/mol. The third-order valence-corrected chi connectivity index (χ3v) is 8.53. The molecule has 0 aliphatic heterocycles. The summed E-state index contributed by atoms with van der Waals surface area (Å²) in [4.78, 5) is 23.3. The first-order chi connectivity index (χ1) is 22.6. The zero-order valence-corrected chi connectivity index (χ0v) is 25.4. The van der Waals surface area contributed by atoms with Crippen LogP contribution in [-0.4, -0.2) is 14.5 Å². The van der Waals surface area contributed by atoms with Crippen LogP contribution in [0.1, 0.15) is 19.5 Å². The minimum absolute atomic E-state index is 0.343. The van der Waals surface area contributed by atoms with Crippen LogP contribution < -0.4 is 5.63 Å². The molecule has 0 radical (unpaired) electrons. The number of fused-ring (bicyclic) bond motifs is 7. The molecule has 5 heteroatoms. The summed E-state index contributed by atoms with van der Waals surface area (Å²) in [6.07, 6.45) is 6.17. The van der Waals surface area contributed by atoms with Gasteiger partial charge >= 0.3 is 5.63 Å². The first-order valence-corrected chi connectivity index (χ1v) is 15.4. The van der Waals surface area contributed by atoms with Crippen molar-refractivity contribution in [1.29, 1.82) is 0 Å². The summed E-state index contributed by atoms with van der Waals surface area (Å²) in [5.41, 5.74) is 7.85. The summed E-state index contributed by atoms with van der Waals surface area (Å²) in [6, 6.07) is 40.6. The summed E-state index contributed by atoms with van der Waals surface area (Å²) >= 11 is 0. The van der Waals surface area contributed by atoms with Crippen molar-refractivity contribution in [1.82, 2.24) is 14.5 Å². The number of aromatic nitrogens is 3. The van der Waals surface area contributed by atoms with Gasteiger partial charge in [0.05, 0.1) is 27.8 Å². The van der Waals surface area contributed by atoms with Crippen molar-refractivity contribution in [2.24, 2.45) is 0 Å². The van der Waals surface area contributed by atoms with Crippen molar-refractivity contribution in [2.75, 3.05) is 0 Å². The summed E-state index contributed by atoms with van der Waals surface area (Å²) < 4.78 is 8.00. The maximum Gasteiger partial charge on any atom is 0.344 e. The second-order valence-electron chi connectivity index (χ2n) is 11.2. The smallest absolute Gasteiger partial charge is 0.344 e. The van der Waals surface area contributed by atoms with Gasteiger partial charge in [0.15, 0.2) is 5.82 Å². The highest BCUT2D eigenvalue weighted by atomic mass is 16.4. The number of hydrogen-bond acceptors (Lipinski definition) is 4. The van der Waals surface area contributed by atoms with E-state index in [1.807, 2.05) is 86.7 Å². The van der Waals surface area contributed by atoms with Gasteiger partial charge in [0.25, 0.3) is 0 Å². The van der Waals surface area contributed by atoms with Gasteiger partial charge in [-0.25, -0.2) is 14.8 Å². The highest BCUT2D eigenvalue weighted by Crippen LogP contribution is 2.39. The van der Waals surface area contributed by atoms with Crippen LogP contribution in [0, 0.1) is 0 Å². The number of nitrogens with zero attached hydrogens (tertiary/aromatic N) is 3. The third kappa shape index (κ3) is 4.44. The molecule has 46 heavy (non-hydrogen) atoms. The van der Waals surface area contributed by atoms with Gasteiger partial charge in [-0.3, -0.25) is 0 Å². The standard InChI is InChI=1S/C41H29N3O2/c1-3-13-26(4-2)34-25-35(43-40(42-34)27-14-6-5-7-15-27)28-16-12-17-29(24-28)44-36-20-10-8-18-30(36)31-22-23-33-38(39(31)44)32-19-9-11-21-37(32)46-41(33)45/h3-25H,1-2H3/b13-3-,26-4+. The molecule has 8 aromatic rings. The van der Waals surface area contributed by atoms with Crippen molar-refractivity contribution in [2.45, 2.75) is 13.8 Å². The van der Waals surface area contributed by atoms with Crippen LogP contribution >= 0.6 is 0 Å². The Labute approximate surface area is 265 Å². The summed E-state index contributed by atoms with van der Waals surface area (Å²) in [5, 5.41) is 4.53. The van der Waals surface area contributed by atoms with E-state index in [2.05, 4.69) is 71.3 Å². The number of hydrogen-bond donors (Lipinski definition) is 0. The minimum Gasteiger partial charge on any atom is -0.422 e. The van der Waals surface area contributed by atoms with Crippen LogP contribution in [0.25, 0.3) is 77.5 Å². The van der Waals surface area contributed by atoms with E-state index >= 15 is 0 Å². The second kappa shape index (κ2) is 11.1. The molecule has 220 valence electrons. The van der Waals surface area contributed by atoms with Gasteiger partial charge in [-0.1, -0.05) is 103 Å². The van der Waals surface area contributed by atoms with Crippen molar-refractivity contribution in [3.8, 4) is 28.3 Å². The van der Waals surface area contributed by atoms with E-state index in [9.17, 15) is 4.79 Å². The lowest BCUT2D eigenvalue weighted by Gasteiger charge is -2.13. The average Bonchev–Trinajstić information content (AvgIpc) is 3.45. The molecule has 0 saturated carbocycles. The maximum atomic E-state index is 13.2. The Bertz CT molecular complexity index is 2570. The Morgan fingerprint density at radius 3 is 2.26 bits per heavy atom. The number of allylic oxidation sites excluding steroid dienone is 4. The Hall–Kier alpha value is -6.07. The maximum absolute atomic E-state index is 13.2. The zero-order valence-electron chi connectivity index (χ0n) is 25.4. The van der Waals surface area contributed by atoms with Gasteiger partial charge in [0.1, 0.15) is 5.58 Å². The van der Waals surface area contributed by atoms with Crippen LogP contribution in [-0.2, 0) is 0 Å². The van der Waals surface area contributed by atoms with Crippen molar-refractivity contribution < 1.29 is 4.42 Å². The van der Waals surface area contributed by atoms with Crippen molar-refractivity contribution >= 4 is 49.1 Å². The SMILES string of the molecule is C/C=C\C(=C/C)c1cc(-c2cccc(-n3c4ccccc4c4ccc5c(=O)oc6ccccc6c5c43)c2)nc(-c2ccccc2)n1. The molecule has 5 aromatic carbocycles. The van der Waals surface area contributed by atoms with E-state index in [1.165, 1.54) is 0 Å². The van der Waals surface area contributed by atoms with E-state index in [0.29, 0.717) is 16.8 Å². The van der Waals surface area contributed by atoms with Crippen molar-refractivity contribution in [3.63, 3.8) is 0 Å². The van der Waals surface area contributed by atoms with Gasteiger partial charge < -0.3 is 8.98 Å². The minimum atomic E-state index is -0.343. The van der Waals surface area contributed by atoms with Crippen LogP contribution in [0.5, 0.6) is 0 Å². The summed E-state index contributed by atoms with van der Waals surface area (Å²) in [5.74, 6) is 0.670. The molecule has 0 aliphatic rings. The van der Waals surface area contributed by atoms with Gasteiger partial charge in [-0.05, 0) is 55.8 Å². The van der Waals surface area contributed by atoms with Crippen LogP contribution in [0.4, 0.5) is 0 Å². The fourth-order valence-electron chi connectivity index (χ4n) is 6.46. The molecule has 0 N–H and O–H groups in total. The molecular weight excluding hydrogens is 566 g/mol. The molecule has 3 heterocycles. The topological polar surface area (TPSA) is 60.9 Å². The van der Waals surface area contributed by atoms with Gasteiger partial charge in [-0.15, -0.1) is 0 Å². The van der Waals surface area contributed by atoms with E-state index in [0.717, 1.165) is 66.4 Å². The highest BCUT2D eigenvalue weighted by Gasteiger charge is 2.19. The molecular formula is C41H29N3O2. The van der Waals surface area contributed by atoms with E-state index in [1.54, 1.807) is 0 Å². The lowest BCUT2D eigenvalue weighted by molar-refractivity contribution is 0.570. The Morgan fingerprint density at radius 2 is 1.43 bits per heavy atom. The molecule has 0 saturated heterocycles. The number of rotatable bonds is 5. The highest BCUT2D eigenvalue weighted by molar-refractivity contribution is 6.24. The molecule has 0 amide bonds. The average molecular weight is 596 g/mol. The lowest BCUT2D eigenvalue weighted by Crippen LogP contribution is -2.02. The molecule has 3 aromatic heterocycles. The molecule has 0 unspecified atom stereocenters. The van der Waals surface area contributed by atoms with Crippen LogP contribution in [0.3, 0.4) is 0 Å². The normalized spacial score (nSPS) is 12.3. The zero-order chi connectivity index (χ0) is 31.2. The van der Waals surface area contributed by atoms with E-state index < -0.39 is 0 Å². The fourth-order valence-corrected chi connectivity index (χ4v) is 6.46. The van der Waals surface area contributed by atoms with Gasteiger partial charge in [0, 0.05) is 38.4 Å². The van der Waals surface area contributed by atoms with Crippen LogP contribution in [0.2, 0.25) is 0 Å². The number of para-hydroxylation sites is 2. The predicted molar refractivity (Wildman–Crippen MR) is 189 cm³/mol. The van der Waals surface area contributed by atoms with Crippen LogP contribution in [0.15, 0.2) is 149 Å². The molecule has 0 bridgehead atoms. The van der Waals surface area contributed by atoms with Crippen molar-refractivity contribution in [3.05, 3.63) is 156 Å². The largest absolute Gasteiger partial charge is 0.422 e. The summed E-state index contributed by atoms with van der Waals surface area (Å²) in [7, 11) is 0. The van der Waals surface area contributed by atoms with Gasteiger partial charge in [-0.2, -0.15) is 0 Å². The van der Waals surface area contributed by atoms with E-state index in [4.69, 9.17) is 14.4 Å². The Morgan fingerprint density at radius 1 is 0.696 bits per heavy atom. The van der Waals surface area contributed by atoms with E-state index in [-0.39, 0.29) is 5.63 Å². The molecule has 0 fully saturated rings.